The van der Waals surface area contributed by atoms with Crippen LogP contribution in [0.5, 0.6) is 0 Å². The van der Waals surface area contributed by atoms with Crippen molar-refractivity contribution in [2.75, 3.05) is 26.0 Å². The summed E-state index contributed by atoms with van der Waals surface area (Å²) >= 11 is 0. The molecule has 3 N–H and O–H groups in total. The molecule has 3 rings (SSSR count). The molecule has 8 nitrogen and oxygen atoms in total. The lowest BCUT2D eigenvalue weighted by Crippen LogP contribution is -2.31. The Morgan fingerprint density at radius 3 is 2.40 bits per heavy atom. The van der Waals surface area contributed by atoms with Crippen molar-refractivity contribution in [3.05, 3.63) is 59.7 Å². The van der Waals surface area contributed by atoms with Gasteiger partial charge in [0, 0.05) is 32.4 Å². The van der Waals surface area contributed by atoms with E-state index in [1.54, 1.807) is 42.5 Å². The minimum absolute atomic E-state index is 0.0453. The van der Waals surface area contributed by atoms with Gasteiger partial charge in [0.25, 0.3) is 5.91 Å². The zero-order valence-corrected chi connectivity index (χ0v) is 17.8. The monoisotopic (exact) mass is 430 g/mol. The summed E-state index contributed by atoms with van der Waals surface area (Å²) in [5.41, 5.74) is 1.56. The molecule has 1 fully saturated rings. The number of nitrogens with one attached hydrogen (secondary N) is 3. The summed E-state index contributed by atoms with van der Waals surface area (Å²) in [4.78, 5) is 24.8. The summed E-state index contributed by atoms with van der Waals surface area (Å²) in [5.74, 6) is -0.478. The van der Waals surface area contributed by atoms with Gasteiger partial charge in [-0.1, -0.05) is 30.3 Å². The molecular weight excluding hydrogens is 404 g/mol. The molecule has 1 aliphatic carbocycles. The van der Waals surface area contributed by atoms with Crippen molar-refractivity contribution in [2.24, 2.45) is 0 Å². The molecule has 0 aromatic heterocycles. The number of anilines is 1. The zero-order valence-electron chi connectivity index (χ0n) is 17.0. The quantitative estimate of drug-likeness (QED) is 0.560. The molecule has 0 saturated heterocycles. The van der Waals surface area contributed by atoms with Crippen LogP contribution < -0.4 is 16.0 Å². The highest BCUT2D eigenvalue weighted by atomic mass is 32.2. The van der Waals surface area contributed by atoms with Crippen molar-refractivity contribution in [1.29, 1.82) is 0 Å². The highest BCUT2D eigenvalue weighted by molar-refractivity contribution is 7.89. The molecule has 0 radical (unpaired) electrons. The highest BCUT2D eigenvalue weighted by Gasteiger charge is 2.25. The fourth-order valence-corrected chi connectivity index (χ4v) is 3.97. The molecular formula is C21H26N4O4S. The number of nitrogens with zero attached hydrogens (tertiary/aromatic N) is 1. The van der Waals surface area contributed by atoms with Gasteiger partial charge < -0.3 is 16.0 Å². The van der Waals surface area contributed by atoms with E-state index in [2.05, 4.69) is 16.0 Å². The van der Waals surface area contributed by atoms with Crippen LogP contribution in [0.4, 0.5) is 5.69 Å². The summed E-state index contributed by atoms with van der Waals surface area (Å²) < 4.78 is 26.0. The van der Waals surface area contributed by atoms with Gasteiger partial charge in [0.05, 0.1) is 17.0 Å². The second-order valence-corrected chi connectivity index (χ2v) is 9.44. The molecule has 0 bridgehead atoms. The Morgan fingerprint density at radius 1 is 1.03 bits per heavy atom. The van der Waals surface area contributed by atoms with Crippen molar-refractivity contribution in [2.45, 2.75) is 30.3 Å². The summed E-state index contributed by atoms with van der Waals surface area (Å²) in [6, 6.07) is 13.8. The van der Waals surface area contributed by atoms with E-state index in [0.29, 0.717) is 16.8 Å². The van der Waals surface area contributed by atoms with Gasteiger partial charge in [-0.2, -0.15) is 0 Å². The van der Waals surface area contributed by atoms with E-state index in [9.17, 15) is 18.0 Å². The van der Waals surface area contributed by atoms with Gasteiger partial charge in [0.15, 0.2) is 0 Å². The number of carbonyl (C=O) groups is 2. The van der Waals surface area contributed by atoms with E-state index < -0.39 is 10.0 Å². The van der Waals surface area contributed by atoms with E-state index >= 15 is 0 Å². The largest absolute Gasteiger partial charge is 0.376 e. The molecule has 0 heterocycles. The minimum atomic E-state index is -3.61. The Morgan fingerprint density at radius 2 is 1.70 bits per heavy atom. The van der Waals surface area contributed by atoms with E-state index in [1.165, 1.54) is 20.2 Å². The number of rotatable bonds is 9. The fourth-order valence-electron chi connectivity index (χ4n) is 2.86. The SMILES string of the molecule is CN(C)S(=O)(=O)c1ccccc1CNC(=O)CNc1ccccc1C(=O)NC1CC1. The Bertz CT molecular complexity index is 1030. The predicted octanol–water partition coefficient (Wildman–Crippen LogP) is 1.56. The first-order valence-corrected chi connectivity index (χ1v) is 11.1. The van der Waals surface area contributed by atoms with Crippen LogP contribution in [-0.2, 0) is 21.4 Å². The number of carbonyl (C=O) groups excluding carboxylic acids is 2. The Kier molecular flexibility index (Phi) is 6.73. The number of hydrogen-bond donors (Lipinski definition) is 3. The molecule has 2 amide bonds. The second kappa shape index (κ2) is 9.27. The van der Waals surface area contributed by atoms with E-state index in [-0.39, 0.29) is 35.8 Å². The third-order valence-corrected chi connectivity index (χ3v) is 6.65. The maximum absolute atomic E-state index is 12.5. The first-order valence-electron chi connectivity index (χ1n) is 9.70. The topological polar surface area (TPSA) is 108 Å². The lowest BCUT2D eigenvalue weighted by molar-refractivity contribution is -0.119. The lowest BCUT2D eigenvalue weighted by Gasteiger charge is -2.16. The molecule has 9 heteroatoms. The van der Waals surface area contributed by atoms with E-state index in [0.717, 1.165) is 17.1 Å². The maximum Gasteiger partial charge on any atom is 0.253 e. The molecule has 2 aromatic carbocycles. The predicted molar refractivity (Wildman–Crippen MR) is 115 cm³/mol. The van der Waals surface area contributed by atoms with Gasteiger partial charge in [-0.3, -0.25) is 9.59 Å². The molecule has 0 aliphatic heterocycles. The van der Waals surface area contributed by atoms with Crippen LogP contribution in [0, 0.1) is 0 Å². The summed E-state index contributed by atoms with van der Waals surface area (Å²) in [5, 5.41) is 8.65. The molecule has 0 atom stereocenters. The van der Waals surface area contributed by atoms with Gasteiger partial charge in [-0.05, 0) is 36.6 Å². The average molecular weight is 431 g/mol. The smallest absolute Gasteiger partial charge is 0.253 e. The van der Waals surface area contributed by atoms with Gasteiger partial charge in [0.2, 0.25) is 15.9 Å². The number of para-hydroxylation sites is 1. The summed E-state index contributed by atoms with van der Waals surface area (Å²) in [7, 11) is -0.681. The van der Waals surface area contributed by atoms with Crippen LogP contribution >= 0.6 is 0 Å². The number of benzene rings is 2. The fraction of sp³-hybridized carbons (Fsp3) is 0.333. The lowest BCUT2D eigenvalue weighted by atomic mass is 10.1. The average Bonchev–Trinajstić information content (AvgIpc) is 3.55. The molecule has 0 spiro atoms. The summed E-state index contributed by atoms with van der Waals surface area (Å²) in [6.07, 6.45) is 1.99. The van der Waals surface area contributed by atoms with Crippen LogP contribution in [0.1, 0.15) is 28.8 Å². The Balaban J connectivity index is 1.60. The maximum atomic E-state index is 12.5. The van der Waals surface area contributed by atoms with Crippen molar-refractivity contribution in [3.8, 4) is 0 Å². The van der Waals surface area contributed by atoms with Gasteiger partial charge in [-0.15, -0.1) is 0 Å². The second-order valence-electron chi connectivity index (χ2n) is 7.32. The third kappa shape index (κ3) is 5.37. The van der Waals surface area contributed by atoms with Gasteiger partial charge in [0.1, 0.15) is 0 Å². The van der Waals surface area contributed by atoms with Crippen LogP contribution in [0.3, 0.4) is 0 Å². The van der Waals surface area contributed by atoms with Gasteiger partial charge in [-0.25, -0.2) is 12.7 Å². The van der Waals surface area contributed by atoms with Crippen molar-refractivity contribution >= 4 is 27.5 Å². The third-order valence-electron chi connectivity index (χ3n) is 4.73. The van der Waals surface area contributed by atoms with Crippen LogP contribution in [0.25, 0.3) is 0 Å². The normalized spacial score (nSPS) is 13.7. The highest BCUT2D eigenvalue weighted by Crippen LogP contribution is 2.21. The molecule has 2 aromatic rings. The molecule has 1 aliphatic rings. The van der Waals surface area contributed by atoms with Crippen molar-refractivity contribution in [3.63, 3.8) is 0 Å². The molecule has 1 saturated carbocycles. The van der Waals surface area contributed by atoms with E-state index in [1.807, 2.05) is 0 Å². The Hall–Kier alpha value is -2.91. The zero-order chi connectivity index (χ0) is 21.7. The molecule has 30 heavy (non-hydrogen) atoms. The van der Waals surface area contributed by atoms with Crippen molar-refractivity contribution < 1.29 is 18.0 Å². The number of sulfonamides is 1. The standard InChI is InChI=1S/C21H26N4O4S/c1-25(2)30(28,29)19-10-6-3-7-15(19)13-23-20(26)14-22-18-9-5-4-8-17(18)21(27)24-16-11-12-16/h3-10,16,22H,11-14H2,1-2H3,(H,23,26)(H,24,27). The van der Waals surface area contributed by atoms with Crippen molar-refractivity contribution in [1.82, 2.24) is 14.9 Å². The van der Waals surface area contributed by atoms with Crippen LogP contribution in [0.2, 0.25) is 0 Å². The molecule has 0 unspecified atom stereocenters. The number of amides is 2. The first-order chi connectivity index (χ1) is 14.3. The molecule has 160 valence electrons. The first kappa shape index (κ1) is 21.8. The van der Waals surface area contributed by atoms with Gasteiger partial charge >= 0.3 is 0 Å². The Labute approximate surface area is 176 Å². The van der Waals surface area contributed by atoms with Crippen LogP contribution in [0.15, 0.2) is 53.4 Å². The van der Waals surface area contributed by atoms with Crippen LogP contribution in [-0.4, -0.2) is 51.2 Å². The van der Waals surface area contributed by atoms with E-state index in [4.69, 9.17) is 0 Å². The minimum Gasteiger partial charge on any atom is -0.376 e. The summed E-state index contributed by atoms with van der Waals surface area (Å²) in [6.45, 7) is 0.0316. The number of hydrogen-bond acceptors (Lipinski definition) is 5.